The highest BCUT2D eigenvalue weighted by atomic mass is 79.9. The fraction of sp³-hybridized carbons (Fsp3) is 0.125. The topological polar surface area (TPSA) is 23.8 Å². The lowest BCUT2D eigenvalue weighted by atomic mass is 10.2. The van der Waals surface area contributed by atoms with Gasteiger partial charge in [0.25, 0.3) is 0 Å². The van der Waals surface area contributed by atoms with Gasteiger partial charge < -0.3 is 0 Å². The van der Waals surface area contributed by atoms with Crippen molar-refractivity contribution >= 4 is 47.8 Å². The first-order valence-corrected chi connectivity index (χ1v) is 5.83. The maximum absolute atomic E-state index is 8.74. The number of hydrogen-bond donors (Lipinski definition) is 0. The van der Waals surface area contributed by atoms with Gasteiger partial charge in [0.1, 0.15) is 6.07 Å². The lowest BCUT2D eigenvalue weighted by Gasteiger charge is -2.01. The fourth-order valence-electron chi connectivity index (χ4n) is 0.810. The van der Waals surface area contributed by atoms with E-state index >= 15 is 0 Å². The molecular weight excluding hydrogens is 350 g/mol. The van der Waals surface area contributed by atoms with Gasteiger partial charge in [-0.25, -0.2) is 0 Å². The van der Waals surface area contributed by atoms with E-state index in [1.807, 2.05) is 12.1 Å². The standard InChI is InChI=1S/C8H4Br3N/c9-3-5-1-7(10)6(4-12)8(11)2-5/h1-2H,3H2. The average molecular weight is 354 g/mol. The lowest BCUT2D eigenvalue weighted by Crippen LogP contribution is -1.84. The minimum absolute atomic E-state index is 0.639. The molecule has 0 heterocycles. The van der Waals surface area contributed by atoms with Crippen molar-refractivity contribution in [2.75, 3.05) is 0 Å². The SMILES string of the molecule is N#Cc1c(Br)cc(CBr)cc1Br. The molecule has 0 bridgehead atoms. The van der Waals surface area contributed by atoms with Crippen molar-refractivity contribution in [3.05, 3.63) is 32.2 Å². The summed E-state index contributed by atoms with van der Waals surface area (Å²) in [6.07, 6.45) is 0. The normalized spacial score (nSPS) is 9.50. The maximum Gasteiger partial charge on any atom is 0.102 e. The van der Waals surface area contributed by atoms with Crippen LogP contribution in [0, 0.1) is 11.3 Å². The molecule has 1 aromatic rings. The van der Waals surface area contributed by atoms with Crippen LogP contribution in [0.1, 0.15) is 11.1 Å². The molecule has 0 unspecified atom stereocenters. The number of benzene rings is 1. The van der Waals surface area contributed by atoms with E-state index in [1.165, 1.54) is 0 Å². The number of halogens is 3. The first kappa shape index (κ1) is 10.2. The molecule has 0 N–H and O–H groups in total. The van der Waals surface area contributed by atoms with Crippen LogP contribution in [0.3, 0.4) is 0 Å². The minimum Gasteiger partial charge on any atom is -0.192 e. The summed E-state index contributed by atoms with van der Waals surface area (Å²) in [4.78, 5) is 0. The molecule has 0 aliphatic heterocycles. The van der Waals surface area contributed by atoms with E-state index in [1.54, 1.807) is 0 Å². The second-order valence-corrected chi connectivity index (χ2v) is 4.45. The molecule has 4 heteroatoms. The average Bonchev–Trinajstić information content (AvgIpc) is 2.03. The molecule has 1 nitrogen and oxygen atoms in total. The molecule has 0 spiro atoms. The number of rotatable bonds is 1. The summed E-state index contributed by atoms with van der Waals surface area (Å²) >= 11 is 10.00. The second kappa shape index (κ2) is 4.40. The van der Waals surface area contributed by atoms with Gasteiger partial charge >= 0.3 is 0 Å². The summed E-state index contributed by atoms with van der Waals surface area (Å²) in [6, 6.07) is 5.96. The Kier molecular flexibility index (Phi) is 3.76. The van der Waals surface area contributed by atoms with Crippen LogP contribution >= 0.6 is 47.8 Å². The summed E-state index contributed by atoms with van der Waals surface area (Å²) in [5.74, 6) is 0. The van der Waals surface area contributed by atoms with Crippen LogP contribution in [0.5, 0.6) is 0 Å². The van der Waals surface area contributed by atoms with E-state index < -0.39 is 0 Å². The van der Waals surface area contributed by atoms with Gasteiger partial charge in [-0.3, -0.25) is 0 Å². The monoisotopic (exact) mass is 351 g/mol. The molecule has 0 atom stereocenters. The van der Waals surface area contributed by atoms with Gasteiger partial charge in [0.05, 0.1) is 5.56 Å². The summed E-state index contributed by atoms with van der Waals surface area (Å²) in [5, 5.41) is 9.53. The fourth-order valence-corrected chi connectivity index (χ4v) is 2.59. The van der Waals surface area contributed by atoms with Crippen LogP contribution in [0.2, 0.25) is 0 Å². The Morgan fingerprint density at radius 1 is 1.25 bits per heavy atom. The molecule has 0 aliphatic carbocycles. The molecule has 0 saturated carbocycles. The van der Waals surface area contributed by atoms with E-state index in [-0.39, 0.29) is 0 Å². The third-order valence-electron chi connectivity index (χ3n) is 1.37. The van der Waals surface area contributed by atoms with Crippen LogP contribution in [0.4, 0.5) is 0 Å². The van der Waals surface area contributed by atoms with Crippen molar-refractivity contribution in [2.24, 2.45) is 0 Å². The molecular formula is C8H4Br3N. The van der Waals surface area contributed by atoms with Gasteiger partial charge in [0.2, 0.25) is 0 Å². The van der Waals surface area contributed by atoms with Crippen LogP contribution in [0.25, 0.3) is 0 Å². The van der Waals surface area contributed by atoms with Gasteiger partial charge in [-0.15, -0.1) is 0 Å². The lowest BCUT2D eigenvalue weighted by molar-refractivity contribution is 1.36. The zero-order chi connectivity index (χ0) is 9.14. The summed E-state index contributed by atoms with van der Waals surface area (Å²) in [6.45, 7) is 0. The van der Waals surface area contributed by atoms with Gasteiger partial charge in [0, 0.05) is 14.3 Å². The zero-order valence-corrected chi connectivity index (χ0v) is 10.7. The Labute approximate surface area is 96.2 Å². The van der Waals surface area contributed by atoms with Crippen molar-refractivity contribution in [1.29, 1.82) is 5.26 Å². The Bertz CT molecular complexity index is 318. The van der Waals surface area contributed by atoms with E-state index in [9.17, 15) is 0 Å². The van der Waals surface area contributed by atoms with Crippen molar-refractivity contribution in [3.63, 3.8) is 0 Å². The highest BCUT2D eigenvalue weighted by molar-refractivity contribution is 9.11. The quantitative estimate of drug-likeness (QED) is 0.701. The minimum atomic E-state index is 0.639. The van der Waals surface area contributed by atoms with Gasteiger partial charge in [-0.1, -0.05) is 15.9 Å². The van der Waals surface area contributed by atoms with Crippen molar-refractivity contribution in [1.82, 2.24) is 0 Å². The van der Waals surface area contributed by atoms with E-state index in [2.05, 4.69) is 53.9 Å². The number of nitriles is 1. The number of nitrogens with zero attached hydrogens (tertiary/aromatic N) is 1. The number of hydrogen-bond acceptors (Lipinski definition) is 1. The molecule has 0 amide bonds. The molecule has 0 saturated heterocycles. The van der Waals surface area contributed by atoms with E-state index in [4.69, 9.17) is 5.26 Å². The van der Waals surface area contributed by atoms with Gasteiger partial charge in [-0.2, -0.15) is 5.26 Å². The van der Waals surface area contributed by atoms with Crippen LogP contribution in [-0.4, -0.2) is 0 Å². The predicted molar refractivity (Wildman–Crippen MR) is 59.2 cm³/mol. The highest BCUT2D eigenvalue weighted by Crippen LogP contribution is 2.27. The first-order chi connectivity index (χ1) is 5.69. The Hall–Kier alpha value is 0.150. The molecule has 0 fully saturated rings. The Balaban J connectivity index is 3.30. The van der Waals surface area contributed by atoms with Gasteiger partial charge in [-0.05, 0) is 49.6 Å². The first-order valence-electron chi connectivity index (χ1n) is 3.13. The smallest absolute Gasteiger partial charge is 0.102 e. The van der Waals surface area contributed by atoms with Crippen LogP contribution < -0.4 is 0 Å². The second-order valence-electron chi connectivity index (χ2n) is 2.18. The third-order valence-corrected chi connectivity index (χ3v) is 3.27. The molecule has 12 heavy (non-hydrogen) atoms. The highest BCUT2D eigenvalue weighted by Gasteiger charge is 2.05. The van der Waals surface area contributed by atoms with Crippen molar-refractivity contribution in [3.8, 4) is 6.07 Å². The summed E-state index contributed by atoms with van der Waals surface area (Å²) in [7, 11) is 0. The summed E-state index contributed by atoms with van der Waals surface area (Å²) < 4.78 is 1.66. The predicted octanol–water partition coefficient (Wildman–Crippen LogP) is 3.98. The van der Waals surface area contributed by atoms with E-state index in [0.29, 0.717) is 5.56 Å². The molecule has 1 rings (SSSR count). The van der Waals surface area contributed by atoms with Crippen LogP contribution in [0.15, 0.2) is 21.1 Å². The Morgan fingerprint density at radius 3 is 2.08 bits per heavy atom. The number of alkyl halides is 1. The van der Waals surface area contributed by atoms with Crippen LogP contribution in [-0.2, 0) is 5.33 Å². The third kappa shape index (κ3) is 2.09. The van der Waals surface area contributed by atoms with Crippen molar-refractivity contribution in [2.45, 2.75) is 5.33 Å². The molecule has 0 aromatic heterocycles. The van der Waals surface area contributed by atoms with Gasteiger partial charge in [0.15, 0.2) is 0 Å². The maximum atomic E-state index is 8.74. The molecule has 62 valence electrons. The zero-order valence-electron chi connectivity index (χ0n) is 5.94. The molecule has 0 radical (unpaired) electrons. The van der Waals surface area contributed by atoms with E-state index in [0.717, 1.165) is 19.8 Å². The molecule has 1 aromatic carbocycles. The largest absolute Gasteiger partial charge is 0.192 e. The molecule has 0 aliphatic rings. The van der Waals surface area contributed by atoms with Crippen molar-refractivity contribution < 1.29 is 0 Å². The summed E-state index contributed by atoms with van der Waals surface area (Å²) in [5.41, 5.74) is 1.77. The Morgan fingerprint density at radius 2 is 1.75 bits per heavy atom.